The van der Waals surface area contributed by atoms with Gasteiger partial charge in [0.1, 0.15) is 4.90 Å². The largest absolute Gasteiger partial charge is 0.366 e. The molecule has 0 aromatic carbocycles. The van der Waals surface area contributed by atoms with Gasteiger partial charge in [-0.3, -0.25) is 4.68 Å². The molecule has 0 saturated carbocycles. The third-order valence-electron chi connectivity index (χ3n) is 4.06. The summed E-state index contributed by atoms with van der Waals surface area (Å²) in [5.41, 5.74) is 0. The minimum absolute atomic E-state index is 0.117. The zero-order valence-corrected chi connectivity index (χ0v) is 15.6. The molecule has 11 heteroatoms. The van der Waals surface area contributed by atoms with E-state index in [0.717, 1.165) is 4.88 Å². The predicted octanol–water partition coefficient (Wildman–Crippen LogP) is 1.78. The second-order valence-electron chi connectivity index (χ2n) is 5.69. The van der Waals surface area contributed by atoms with Crippen molar-refractivity contribution in [3.63, 3.8) is 0 Å². The Morgan fingerprint density at radius 1 is 1.42 bits per heavy atom. The third-order valence-corrected chi connectivity index (χ3v) is 6.74. The number of ether oxygens (including phenoxy) is 1. The maximum atomic E-state index is 12.8. The van der Waals surface area contributed by atoms with Crippen molar-refractivity contribution in [2.45, 2.75) is 24.5 Å². The van der Waals surface area contributed by atoms with E-state index in [0.29, 0.717) is 12.4 Å². The first-order valence-corrected chi connectivity index (χ1v) is 10.4. The molecule has 0 bridgehead atoms. The summed E-state index contributed by atoms with van der Waals surface area (Å²) in [5.74, 6) is 0.750. The molecule has 1 saturated heterocycles. The number of hydrogen-bond donors (Lipinski definition) is 0. The van der Waals surface area contributed by atoms with Gasteiger partial charge in [0, 0.05) is 25.8 Å². The standard InChI is InChI=1S/C15H17N5O4S2/c1-2-19-9-11(8-16-19)26(21,22)20-5-6-23-12(10-20)15-17-14(18-24-15)13-4-3-7-25-13/h3-4,7-9,12H,2,5-6,10H2,1H3/t12-/m0/s1. The molecule has 1 atom stereocenters. The molecule has 1 fully saturated rings. The van der Waals surface area contributed by atoms with Crippen molar-refractivity contribution in [2.24, 2.45) is 0 Å². The second-order valence-corrected chi connectivity index (χ2v) is 8.57. The number of aromatic nitrogens is 4. The first-order chi connectivity index (χ1) is 12.6. The number of thiophene rings is 1. The summed E-state index contributed by atoms with van der Waals surface area (Å²) in [6.45, 7) is 3.14. The van der Waals surface area contributed by atoms with E-state index in [1.165, 1.54) is 28.0 Å². The summed E-state index contributed by atoms with van der Waals surface area (Å²) < 4.78 is 39.6. The highest BCUT2D eigenvalue weighted by molar-refractivity contribution is 7.89. The number of nitrogens with zero attached hydrogens (tertiary/aromatic N) is 5. The molecule has 0 spiro atoms. The van der Waals surface area contributed by atoms with Crippen LogP contribution in [-0.2, 0) is 21.3 Å². The van der Waals surface area contributed by atoms with Crippen molar-refractivity contribution in [2.75, 3.05) is 19.7 Å². The first-order valence-electron chi connectivity index (χ1n) is 8.09. The van der Waals surface area contributed by atoms with Gasteiger partial charge in [0.2, 0.25) is 15.8 Å². The lowest BCUT2D eigenvalue weighted by Gasteiger charge is -2.29. The molecule has 26 heavy (non-hydrogen) atoms. The van der Waals surface area contributed by atoms with Crippen LogP contribution in [0.1, 0.15) is 18.9 Å². The van der Waals surface area contributed by atoms with Gasteiger partial charge in [-0.1, -0.05) is 11.2 Å². The molecule has 138 valence electrons. The van der Waals surface area contributed by atoms with Crippen molar-refractivity contribution in [1.82, 2.24) is 24.2 Å². The normalized spacial score (nSPS) is 19.0. The number of hydrogen-bond acceptors (Lipinski definition) is 8. The Bertz CT molecular complexity index is 980. The molecule has 4 rings (SSSR count). The van der Waals surface area contributed by atoms with Gasteiger partial charge in [-0.25, -0.2) is 8.42 Å². The SMILES string of the molecule is CCn1cc(S(=O)(=O)N2CCO[C@H](c3nc(-c4cccs4)no3)C2)cn1. The van der Waals surface area contributed by atoms with Gasteiger partial charge in [0.15, 0.2) is 6.10 Å². The fraction of sp³-hybridized carbons (Fsp3) is 0.400. The Morgan fingerprint density at radius 3 is 3.04 bits per heavy atom. The van der Waals surface area contributed by atoms with Crippen LogP contribution in [0.2, 0.25) is 0 Å². The van der Waals surface area contributed by atoms with E-state index in [2.05, 4.69) is 15.2 Å². The molecule has 0 unspecified atom stereocenters. The maximum Gasteiger partial charge on any atom is 0.257 e. The zero-order valence-electron chi connectivity index (χ0n) is 14.0. The fourth-order valence-corrected chi connectivity index (χ4v) is 4.69. The Labute approximate surface area is 154 Å². The van der Waals surface area contributed by atoms with Gasteiger partial charge in [-0.2, -0.15) is 14.4 Å². The Kier molecular flexibility index (Phi) is 4.61. The van der Waals surface area contributed by atoms with Crippen LogP contribution in [0.25, 0.3) is 10.7 Å². The van der Waals surface area contributed by atoms with Crippen LogP contribution in [0.3, 0.4) is 0 Å². The van der Waals surface area contributed by atoms with Crippen LogP contribution in [0.4, 0.5) is 0 Å². The minimum atomic E-state index is -3.65. The number of morpholine rings is 1. The lowest BCUT2D eigenvalue weighted by atomic mass is 10.3. The molecule has 0 N–H and O–H groups in total. The summed E-state index contributed by atoms with van der Waals surface area (Å²) >= 11 is 1.50. The molecule has 1 aliphatic heterocycles. The molecule has 3 aromatic heterocycles. The summed E-state index contributed by atoms with van der Waals surface area (Å²) in [6.07, 6.45) is 2.30. The summed E-state index contributed by atoms with van der Waals surface area (Å²) in [7, 11) is -3.65. The van der Waals surface area contributed by atoms with E-state index in [-0.39, 0.29) is 30.5 Å². The number of sulfonamides is 1. The smallest absolute Gasteiger partial charge is 0.257 e. The van der Waals surface area contributed by atoms with Gasteiger partial charge in [-0.05, 0) is 18.4 Å². The molecule has 4 heterocycles. The van der Waals surface area contributed by atoms with Crippen LogP contribution in [-0.4, -0.2) is 52.3 Å². The maximum absolute atomic E-state index is 12.8. The summed E-state index contributed by atoms with van der Waals surface area (Å²) in [6, 6.07) is 3.79. The third kappa shape index (κ3) is 3.18. The lowest BCUT2D eigenvalue weighted by Crippen LogP contribution is -2.42. The van der Waals surface area contributed by atoms with Gasteiger partial charge in [0.05, 0.1) is 17.7 Å². The summed E-state index contributed by atoms with van der Waals surface area (Å²) in [4.78, 5) is 5.41. The number of rotatable bonds is 5. The molecule has 3 aromatic rings. The van der Waals surface area contributed by atoms with Gasteiger partial charge in [0.25, 0.3) is 5.89 Å². The van der Waals surface area contributed by atoms with E-state index in [9.17, 15) is 8.42 Å². The zero-order chi connectivity index (χ0) is 18.1. The van der Waals surface area contributed by atoms with Crippen LogP contribution in [0, 0.1) is 0 Å². The van der Waals surface area contributed by atoms with Crippen LogP contribution < -0.4 is 0 Å². The Balaban J connectivity index is 1.54. The topological polar surface area (TPSA) is 103 Å². The van der Waals surface area contributed by atoms with Crippen molar-refractivity contribution in [3.05, 3.63) is 35.8 Å². The van der Waals surface area contributed by atoms with Crippen molar-refractivity contribution in [1.29, 1.82) is 0 Å². The van der Waals surface area contributed by atoms with E-state index in [4.69, 9.17) is 9.26 Å². The molecular weight excluding hydrogens is 378 g/mol. The van der Waals surface area contributed by atoms with Crippen LogP contribution in [0.15, 0.2) is 39.3 Å². The molecule has 0 radical (unpaired) electrons. The van der Waals surface area contributed by atoms with E-state index < -0.39 is 16.1 Å². The lowest BCUT2D eigenvalue weighted by molar-refractivity contribution is -0.0199. The Hall–Kier alpha value is -2.08. The molecule has 1 aliphatic rings. The minimum Gasteiger partial charge on any atom is -0.366 e. The van der Waals surface area contributed by atoms with E-state index in [1.54, 1.807) is 4.68 Å². The van der Waals surface area contributed by atoms with Crippen molar-refractivity contribution >= 4 is 21.4 Å². The van der Waals surface area contributed by atoms with Crippen LogP contribution in [0.5, 0.6) is 0 Å². The highest BCUT2D eigenvalue weighted by atomic mass is 32.2. The highest BCUT2D eigenvalue weighted by Gasteiger charge is 2.34. The monoisotopic (exact) mass is 395 g/mol. The van der Waals surface area contributed by atoms with Crippen molar-refractivity contribution in [3.8, 4) is 10.7 Å². The van der Waals surface area contributed by atoms with Gasteiger partial charge < -0.3 is 9.26 Å². The van der Waals surface area contributed by atoms with E-state index >= 15 is 0 Å². The van der Waals surface area contributed by atoms with Crippen molar-refractivity contribution < 1.29 is 17.7 Å². The van der Waals surface area contributed by atoms with Gasteiger partial charge >= 0.3 is 0 Å². The predicted molar refractivity (Wildman–Crippen MR) is 93.0 cm³/mol. The van der Waals surface area contributed by atoms with E-state index in [1.807, 2.05) is 24.4 Å². The molecule has 0 aliphatic carbocycles. The molecule has 0 amide bonds. The second kappa shape index (κ2) is 6.91. The highest BCUT2D eigenvalue weighted by Crippen LogP contribution is 2.28. The molecular formula is C15H17N5O4S2. The fourth-order valence-electron chi connectivity index (χ4n) is 2.67. The molecule has 9 nitrogen and oxygen atoms in total. The summed E-state index contributed by atoms with van der Waals surface area (Å²) in [5, 5.41) is 9.93. The number of aryl methyl sites for hydroxylation is 1. The average Bonchev–Trinajstić information content (AvgIpc) is 3.42. The quantitative estimate of drug-likeness (QED) is 0.648. The first kappa shape index (κ1) is 17.3. The van der Waals surface area contributed by atoms with Gasteiger partial charge in [-0.15, -0.1) is 11.3 Å². The van der Waals surface area contributed by atoms with Crippen LogP contribution >= 0.6 is 11.3 Å². The average molecular weight is 395 g/mol. The Morgan fingerprint density at radius 2 is 2.31 bits per heavy atom.